The molecule has 0 amide bonds. The average molecular weight is 293 g/mol. The first-order valence-electron chi connectivity index (χ1n) is 5.93. The minimum Gasteiger partial charge on any atom is -0.493 e. The molecule has 2 aromatic rings. The van der Waals surface area contributed by atoms with Gasteiger partial charge in [0.25, 0.3) is 0 Å². The van der Waals surface area contributed by atoms with Crippen molar-refractivity contribution in [1.82, 2.24) is 4.98 Å². The first-order chi connectivity index (χ1) is 9.55. The van der Waals surface area contributed by atoms with Crippen LogP contribution in [0, 0.1) is 6.92 Å². The van der Waals surface area contributed by atoms with E-state index in [-0.39, 0.29) is 5.75 Å². The van der Waals surface area contributed by atoms with Gasteiger partial charge in [0.1, 0.15) is 5.03 Å². The van der Waals surface area contributed by atoms with Crippen LogP contribution in [0.5, 0.6) is 11.5 Å². The minimum atomic E-state index is -0.858. The second-order valence-electron chi connectivity index (χ2n) is 4.19. The van der Waals surface area contributed by atoms with Gasteiger partial charge < -0.3 is 14.6 Å². The highest BCUT2D eigenvalue weighted by Crippen LogP contribution is 2.33. The number of aromatic nitrogens is 1. The van der Waals surface area contributed by atoms with Crippen molar-refractivity contribution in [3.05, 3.63) is 23.8 Å². The van der Waals surface area contributed by atoms with Gasteiger partial charge in [-0.1, -0.05) is 11.8 Å². The quantitative estimate of drug-likeness (QED) is 0.855. The Morgan fingerprint density at radius 1 is 1.25 bits per heavy atom. The number of hydrogen-bond donors (Lipinski definition) is 1. The monoisotopic (exact) mass is 293 g/mol. The van der Waals surface area contributed by atoms with Crippen molar-refractivity contribution in [1.29, 1.82) is 0 Å². The molecule has 2 rings (SSSR count). The maximum absolute atomic E-state index is 10.6. The summed E-state index contributed by atoms with van der Waals surface area (Å²) in [4.78, 5) is 15.1. The molecule has 0 fully saturated rings. The van der Waals surface area contributed by atoms with Crippen molar-refractivity contribution in [3.8, 4) is 11.5 Å². The predicted molar refractivity (Wildman–Crippen MR) is 77.9 cm³/mol. The second kappa shape index (κ2) is 6.00. The van der Waals surface area contributed by atoms with E-state index >= 15 is 0 Å². The molecule has 0 atom stereocenters. The normalized spacial score (nSPS) is 10.6. The summed E-state index contributed by atoms with van der Waals surface area (Å²) in [6, 6.07) is 5.62. The number of nitrogens with zero attached hydrogens (tertiary/aromatic N) is 1. The number of carboxylic acids is 1. The van der Waals surface area contributed by atoms with Crippen LogP contribution in [0.1, 0.15) is 5.56 Å². The third-order valence-corrected chi connectivity index (χ3v) is 3.87. The molecule has 1 heterocycles. The first kappa shape index (κ1) is 14.5. The summed E-state index contributed by atoms with van der Waals surface area (Å²) in [6.45, 7) is 1.91. The van der Waals surface area contributed by atoms with Crippen LogP contribution in [-0.4, -0.2) is 36.0 Å². The molecule has 0 spiro atoms. The average Bonchev–Trinajstić information content (AvgIpc) is 2.43. The number of pyridine rings is 1. The predicted octanol–water partition coefficient (Wildman–Crippen LogP) is 2.74. The zero-order valence-electron chi connectivity index (χ0n) is 11.5. The van der Waals surface area contributed by atoms with Crippen LogP contribution < -0.4 is 9.47 Å². The van der Waals surface area contributed by atoms with Crippen molar-refractivity contribution in [2.45, 2.75) is 11.9 Å². The summed E-state index contributed by atoms with van der Waals surface area (Å²) in [5, 5.41) is 10.4. The largest absolute Gasteiger partial charge is 0.493 e. The third kappa shape index (κ3) is 2.96. The smallest absolute Gasteiger partial charge is 0.313 e. The fourth-order valence-electron chi connectivity index (χ4n) is 1.87. The lowest BCUT2D eigenvalue weighted by Crippen LogP contribution is -1.99. The fraction of sp³-hybridized carbons (Fsp3) is 0.286. The van der Waals surface area contributed by atoms with Crippen molar-refractivity contribution in [3.63, 3.8) is 0 Å². The summed E-state index contributed by atoms with van der Waals surface area (Å²) in [5.74, 6) is 0.383. The van der Waals surface area contributed by atoms with Crippen LogP contribution in [0.4, 0.5) is 0 Å². The van der Waals surface area contributed by atoms with E-state index in [2.05, 4.69) is 4.98 Å². The topological polar surface area (TPSA) is 68.7 Å². The van der Waals surface area contributed by atoms with Crippen molar-refractivity contribution in [2.75, 3.05) is 20.0 Å². The summed E-state index contributed by atoms with van der Waals surface area (Å²) < 4.78 is 10.5. The van der Waals surface area contributed by atoms with Crippen LogP contribution in [0.3, 0.4) is 0 Å². The van der Waals surface area contributed by atoms with Crippen LogP contribution in [0.15, 0.2) is 23.2 Å². The second-order valence-corrected chi connectivity index (χ2v) is 5.16. The molecule has 0 aliphatic heterocycles. The molecular weight excluding hydrogens is 278 g/mol. The highest BCUT2D eigenvalue weighted by atomic mass is 32.2. The van der Waals surface area contributed by atoms with Crippen molar-refractivity contribution < 1.29 is 19.4 Å². The zero-order chi connectivity index (χ0) is 14.7. The summed E-state index contributed by atoms with van der Waals surface area (Å²) in [5.41, 5.74) is 1.69. The van der Waals surface area contributed by atoms with E-state index in [0.29, 0.717) is 16.5 Å². The molecule has 20 heavy (non-hydrogen) atoms. The SMILES string of the molecule is COc1cc2cc(C)c(SCC(=O)O)nc2cc1OC. The summed E-state index contributed by atoms with van der Waals surface area (Å²) in [7, 11) is 3.15. The number of carbonyl (C=O) groups is 1. The van der Waals surface area contributed by atoms with Gasteiger partial charge in [0.15, 0.2) is 11.5 Å². The number of fused-ring (bicyclic) bond motifs is 1. The van der Waals surface area contributed by atoms with Gasteiger partial charge in [0.05, 0.1) is 25.5 Å². The molecule has 1 aromatic heterocycles. The van der Waals surface area contributed by atoms with E-state index in [1.165, 1.54) is 11.8 Å². The first-order valence-corrected chi connectivity index (χ1v) is 6.91. The molecule has 0 aliphatic carbocycles. The Balaban J connectivity index is 2.49. The molecule has 0 saturated carbocycles. The van der Waals surface area contributed by atoms with E-state index in [1.54, 1.807) is 20.3 Å². The van der Waals surface area contributed by atoms with Crippen molar-refractivity contribution in [2.24, 2.45) is 0 Å². The molecule has 1 aromatic carbocycles. The van der Waals surface area contributed by atoms with Gasteiger partial charge in [0.2, 0.25) is 0 Å². The van der Waals surface area contributed by atoms with Gasteiger partial charge in [-0.05, 0) is 24.6 Å². The number of methoxy groups -OCH3 is 2. The number of aliphatic carboxylic acids is 1. The zero-order valence-corrected chi connectivity index (χ0v) is 12.3. The van der Waals surface area contributed by atoms with Gasteiger partial charge in [-0.2, -0.15) is 0 Å². The lowest BCUT2D eigenvalue weighted by Gasteiger charge is -2.11. The van der Waals surface area contributed by atoms with Crippen LogP contribution in [-0.2, 0) is 4.79 Å². The number of aryl methyl sites for hydroxylation is 1. The Labute approximate surface area is 120 Å². The highest BCUT2D eigenvalue weighted by Gasteiger charge is 2.11. The van der Waals surface area contributed by atoms with Gasteiger partial charge in [-0.15, -0.1) is 0 Å². The van der Waals surface area contributed by atoms with E-state index in [9.17, 15) is 4.79 Å². The maximum atomic E-state index is 10.6. The Bertz CT molecular complexity index is 657. The summed E-state index contributed by atoms with van der Waals surface area (Å²) in [6.07, 6.45) is 0. The van der Waals surface area contributed by atoms with Gasteiger partial charge in [-0.3, -0.25) is 4.79 Å². The molecule has 5 nitrogen and oxygen atoms in total. The number of thioether (sulfide) groups is 1. The fourth-order valence-corrected chi connectivity index (χ4v) is 2.57. The van der Waals surface area contributed by atoms with E-state index in [4.69, 9.17) is 14.6 Å². The Kier molecular flexibility index (Phi) is 4.34. The highest BCUT2D eigenvalue weighted by molar-refractivity contribution is 7.99. The third-order valence-electron chi connectivity index (χ3n) is 2.80. The number of carboxylic acid groups (broad SMARTS) is 1. The van der Waals surface area contributed by atoms with Gasteiger partial charge in [0, 0.05) is 11.5 Å². The van der Waals surface area contributed by atoms with Crippen LogP contribution >= 0.6 is 11.8 Å². The molecule has 0 saturated heterocycles. The lowest BCUT2D eigenvalue weighted by molar-refractivity contribution is -0.133. The Morgan fingerprint density at radius 2 is 1.90 bits per heavy atom. The molecular formula is C14H15NO4S. The van der Waals surface area contributed by atoms with E-state index in [1.807, 2.05) is 19.1 Å². The van der Waals surface area contributed by atoms with Crippen molar-refractivity contribution >= 4 is 28.6 Å². The Morgan fingerprint density at radius 3 is 2.50 bits per heavy atom. The minimum absolute atomic E-state index is 0.00731. The number of hydrogen-bond acceptors (Lipinski definition) is 5. The van der Waals surface area contributed by atoms with Crippen LogP contribution in [0.25, 0.3) is 10.9 Å². The van der Waals surface area contributed by atoms with E-state index in [0.717, 1.165) is 16.5 Å². The van der Waals surface area contributed by atoms with E-state index < -0.39 is 5.97 Å². The summed E-state index contributed by atoms with van der Waals surface area (Å²) >= 11 is 1.21. The van der Waals surface area contributed by atoms with Gasteiger partial charge in [-0.25, -0.2) is 4.98 Å². The van der Waals surface area contributed by atoms with Crippen LogP contribution in [0.2, 0.25) is 0 Å². The number of ether oxygens (including phenoxy) is 2. The molecule has 0 aliphatic rings. The molecule has 0 radical (unpaired) electrons. The molecule has 0 unspecified atom stereocenters. The molecule has 1 N–H and O–H groups in total. The molecule has 0 bridgehead atoms. The lowest BCUT2D eigenvalue weighted by atomic mass is 10.1. The van der Waals surface area contributed by atoms with Gasteiger partial charge >= 0.3 is 5.97 Å². The standard InChI is InChI=1S/C14H15NO4S/c1-8-4-9-5-11(18-2)12(19-3)6-10(9)15-14(8)20-7-13(16)17/h4-6H,7H2,1-3H3,(H,16,17). The Hall–Kier alpha value is -1.95. The number of benzene rings is 1. The number of rotatable bonds is 5. The molecule has 6 heteroatoms. The maximum Gasteiger partial charge on any atom is 0.313 e. The molecule has 106 valence electrons.